The summed E-state index contributed by atoms with van der Waals surface area (Å²) < 4.78 is 19.4. The maximum atomic E-state index is 13.6. The van der Waals surface area contributed by atoms with E-state index in [1.54, 1.807) is 6.07 Å². The van der Waals surface area contributed by atoms with Crippen LogP contribution in [0, 0.1) is 5.82 Å². The van der Waals surface area contributed by atoms with Gasteiger partial charge in [-0.25, -0.2) is 4.39 Å². The fourth-order valence-corrected chi connectivity index (χ4v) is 2.16. The molecule has 1 unspecified atom stereocenters. The number of halogens is 1. The predicted molar refractivity (Wildman–Crippen MR) is 83.0 cm³/mol. The Bertz CT molecular complexity index is 406. The molecule has 0 saturated heterocycles. The largest absolute Gasteiger partial charge is 0.489 e. The predicted octanol–water partition coefficient (Wildman–Crippen LogP) is 4.49. The van der Waals surface area contributed by atoms with Gasteiger partial charge in [0.15, 0.2) is 0 Å². The molecule has 2 nitrogen and oxygen atoms in total. The van der Waals surface area contributed by atoms with Crippen LogP contribution in [-0.4, -0.2) is 18.7 Å². The Morgan fingerprint density at radius 2 is 1.85 bits per heavy atom. The molecule has 1 rings (SSSR count). The highest BCUT2D eigenvalue weighted by Gasteiger charge is 2.09. The van der Waals surface area contributed by atoms with Crippen molar-refractivity contribution in [3.8, 4) is 5.75 Å². The third-order valence-corrected chi connectivity index (χ3v) is 3.37. The average molecular weight is 281 g/mol. The summed E-state index contributed by atoms with van der Waals surface area (Å²) >= 11 is 0. The molecule has 1 N–H and O–H groups in total. The summed E-state index contributed by atoms with van der Waals surface area (Å²) in [6.45, 7) is 11.2. The zero-order chi connectivity index (χ0) is 15.1. The molecule has 3 heteroatoms. The molecule has 0 aliphatic carbocycles. The first-order valence-electron chi connectivity index (χ1n) is 7.62. The minimum atomic E-state index is -0.231. The number of rotatable bonds is 8. The van der Waals surface area contributed by atoms with Crippen molar-refractivity contribution in [2.75, 3.05) is 6.54 Å². The molecule has 1 aromatic rings. The summed E-state index contributed by atoms with van der Waals surface area (Å²) in [5.74, 6) is 0.683. The quantitative estimate of drug-likeness (QED) is 0.758. The number of ether oxygens (including phenoxy) is 1. The minimum Gasteiger partial charge on any atom is -0.489 e. The van der Waals surface area contributed by atoms with Gasteiger partial charge in [-0.3, -0.25) is 0 Å². The normalized spacial score (nSPS) is 14.3. The van der Waals surface area contributed by atoms with Crippen molar-refractivity contribution in [1.29, 1.82) is 0 Å². The number of hydrogen-bond acceptors (Lipinski definition) is 2. The van der Waals surface area contributed by atoms with Crippen LogP contribution in [0.5, 0.6) is 5.75 Å². The van der Waals surface area contributed by atoms with E-state index in [1.807, 2.05) is 13.0 Å². The van der Waals surface area contributed by atoms with Crippen molar-refractivity contribution in [1.82, 2.24) is 5.32 Å². The highest BCUT2D eigenvalue weighted by Crippen LogP contribution is 2.23. The molecule has 2 atom stereocenters. The van der Waals surface area contributed by atoms with E-state index in [-0.39, 0.29) is 11.9 Å². The van der Waals surface area contributed by atoms with Crippen LogP contribution >= 0.6 is 0 Å². The van der Waals surface area contributed by atoms with Gasteiger partial charge in [0.05, 0.1) is 0 Å². The van der Waals surface area contributed by atoms with E-state index in [0.717, 1.165) is 18.5 Å². The van der Waals surface area contributed by atoms with Crippen LogP contribution in [-0.2, 0) is 0 Å². The summed E-state index contributed by atoms with van der Waals surface area (Å²) in [7, 11) is 0. The summed E-state index contributed by atoms with van der Waals surface area (Å²) in [6.07, 6.45) is 2.35. The first kappa shape index (κ1) is 17.0. The lowest BCUT2D eigenvalue weighted by Gasteiger charge is -2.19. The molecule has 0 amide bonds. The third-order valence-electron chi connectivity index (χ3n) is 3.37. The first-order valence-corrected chi connectivity index (χ1v) is 7.62. The Balaban J connectivity index is 2.55. The van der Waals surface area contributed by atoms with Gasteiger partial charge in [-0.05, 0) is 43.9 Å². The fraction of sp³-hybridized carbons (Fsp3) is 0.647. The minimum absolute atomic E-state index is 0.0242. The van der Waals surface area contributed by atoms with E-state index in [2.05, 4.69) is 33.0 Å². The van der Waals surface area contributed by atoms with Crippen molar-refractivity contribution in [2.45, 2.75) is 65.5 Å². The zero-order valence-electron chi connectivity index (χ0n) is 13.4. The maximum Gasteiger partial charge on any atom is 0.127 e. The van der Waals surface area contributed by atoms with E-state index in [9.17, 15) is 4.39 Å². The van der Waals surface area contributed by atoms with Crippen molar-refractivity contribution >= 4 is 0 Å². The molecule has 0 spiro atoms. The molecule has 0 saturated carbocycles. The van der Waals surface area contributed by atoms with Crippen LogP contribution in [0.1, 0.15) is 58.9 Å². The zero-order valence-corrected chi connectivity index (χ0v) is 13.4. The van der Waals surface area contributed by atoms with Crippen molar-refractivity contribution in [3.63, 3.8) is 0 Å². The highest BCUT2D eigenvalue weighted by molar-refractivity contribution is 5.31. The van der Waals surface area contributed by atoms with E-state index in [4.69, 9.17) is 4.74 Å². The van der Waals surface area contributed by atoms with Gasteiger partial charge in [-0.1, -0.05) is 27.2 Å². The molecule has 0 bridgehead atoms. The van der Waals surface area contributed by atoms with Gasteiger partial charge in [-0.2, -0.15) is 0 Å². The maximum absolute atomic E-state index is 13.6. The molecule has 114 valence electrons. The SMILES string of the molecule is CCCC(C)NC[C@@H](C)Oc1cc(F)cc(C(C)C)c1. The number of hydrogen-bond donors (Lipinski definition) is 1. The molecular formula is C17H28FNO. The fourth-order valence-electron chi connectivity index (χ4n) is 2.16. The van der Waals surface area contributed by atoms with Gasteiger partial charge in [0, 0.05) is 18.7 Å². The van der Waals surface area contributed by atoms with E-state index in [0.29, 0.717) is 17.7 Å². The van der Waals surface area contributed by atoms with Crippen LogP contribution < -0.4 is 10.1 Å². The molecule has 0 fully saturated rings. The Morgan fingerprint density at radius 3 is 2.45 bits per heavy atom. The van der Waals surface area contributed by atoms with E-state index < -0.39 is 0 Å². The van der Waals surface area contributed by atoms with Crippen LogP contribution in [0.4, 0.5) is 4.39 Å². The van der Waals surface area contributed by atoms with Gasteiger partial charge >= 0.3 is 0 Å². The summed E-state index contributed by atoms with van der Waals surface area (Å²) in [5, 5.41) is 3.44. The van der Waals surface area contributed by atoms with Gasteiger partial charge < -0.3 is 10.1 Å². The average Bonchev–Trinajstić information content (AvgIpc) is 2.36. The summed E-state index contributed by atoms with van der Waals surface area (Å²) in [5.41, 5.74) is 0.972. The molecule has 0 radical (unpaired) electrons. The Labute approximate surface area is 122 Å². The molecule has 0 heterocycles. The smallest absolute Gasteiger partial charge is 0.127 e. The van der Waals surface area contributed by atoms with E-state index in [1.165, 1.54) is 12.5 Å². The molecule has 1 aromatic carbocycles. The Hall–Kier alpha value is -1.09. The molecule has 20 heavy (non-hydrogen) atoms. The van der Waals surface area contributed by atoms with Gasteiger partial charge in [0.2, 0.25) is 0 Å². The summed E-state index contributed by atoms with van der Waals surface area (Å²) in [4.78, 5) is 0. The van der Waals surface area contributed by atoms with Crippen molar-refractivity contribution in [2.24, 2.45) is 0 Å². The lowest BCUT2D eigenvalue weighted by atomic mass is 10.0. The molecule has 0 aliphatic heterocycles. The number of benzene rings is 1. The Kier molecular flexibility index (Phi) is 7.00. The topological polar surface area (TPSA) is 21.3 Å². The summed E-state index contributed by atoms with van der Waals surface area (Å²) in [6, 6.07) is 5.45. The van der Waals surface area contributed by atoms with Gasteiger partial charge in [0.25, 0.3) is 0 Å². The van der Waals surface area contributed by atoms with Crippen LogP contribution in [0.25, 0.3) is 0 Å². The third kappa shape index (κ3) is 5.91. The highest BCUT2D eigenvalue weighted by atomic mass is 19.1. The van der Waals surface area contributed by atoms with Crippen LogP contribution in [0.3, 0.4) is 0 Å². The monoisotopic (exact) mass is 281 g/mol. The second-order valence-corrected chi connectivity index (χ2v) is 5.90. The van der Waals surface area contributed by atoms with Gasteiger partial charge in [-0.15, -0.1) is 0 Å². The lowest BCUT2D eigenvalue weighted by molar-refractivity contribution is 0.210. The molecule has 0 aliphatic rings. The van der Waals surface area contributed by atoms with Gasteiger partial charge in [0.1, 0.15) is 17.7 Å². The molecular weight excluding hydrogens is 253 g/mol. The Morgan fingerprint density at radius 1 is 1.15 bits per heavy atom. The standard InChI is InChI=1S/C17H28FNO/c1-6-7-13(4)19-11-14(5)20-17-9-15(12(2)3)8-16(18)10-17/h8-10,12-14,19H,6-7,11H2,1-5H3/t13?,14-/m1/s1. The molecule has 0 aromatic heterocycles. The van der Waals surface area contributed by atoms with E-state index >= 15 is 0 Å². The van der Waals surface area contributed by atoms with Crippen molar-refractivity contribution in [3.05, 3.63) is 29.6 Å². The first-order chi connectivity index (χ1) is 9.42. The second kappa shape index (κ2) is 8.25. The second-order valence-electron chi connectivity index (χ2n) is 5.90. The number of nitrogens with one attached hydrogen (secondary N) is 1. The van der Waals surface area contributed by atoms with Crippen LogP contribution in [0.15, 0.2) is 18.2 Å². The van der Waals surface area contributed by atoms with Crippen molar-refractivity contribution < 1.29 is 9.13 Å². The lowest BCUT2D eigenvalue weighted by Crippen LogP contribution is -2.35. The van der Waals surface area contributed by atoms with Crippen LogP contribution in [0.2, 0.25) is 0 Å².